The fourth-order valence-electron chi connectivity index (χ4n) is 2.79. The number of carbonyl (C=O) groups is 2. The number of rotatable bonds is 9. The molecule has 2 aromatic carbocycles. The molecule has 0 bridgehead atoms. The van der Waals surface area contributed by atoms with Gasteiger partial charge in [-0.25, -0.2) is 9.78 Å². The Balaban J connectivity index is 1.89. The van der Waals surface area contributed by atoms with E-state index in [2.05, 4.69) is 17.2 Å². The first-order valence-corrected chi connectivity index (χ1v) is 9.21. The number of hydrogen-bond acceptors (Lipinski definition) is 5. The number of amides is 1. The molecule has 2 N–H and O–H groups in total. The van der Waals surface area contributed by atoms with Gasteiger partial charge in [0.15, 0.2) is 12.2 Å². The zero-order chi connectivity index (χ0) is 19.9. The summed E-state index contributed by atoms with van der Waals surface area (Å²) < 4.78 is 11.2. The van der Waals surface area contributed by atoms with E-state index >= 15 is 0 Å². The minimum Gasteiger partial charge on any atom is -0.481 e. The van der Waals surface area contributed by atoms with E-state index in [1.807, 2.05) is 18.2 Å². The van der Waals surface area contributed by atoms with E-state index in [0.717, 1.165) is 19.3 Å². The SMILES string of the molecule is CCCCCC(=O)Nc1ccc(OCC(=O)O)c(-c2nc3ccccc3o2)c1. The van der Waals surface area contributed by atoms with Crippen LogP contribution in [-0.2, 0) is 9.59 Å². The summed E-state index contributed by atoms with van der Waals surface area (Å²) in [5, 5.41) is 11.8. The number of unbranched alkanes of at least 4 members (excludes halogenated alkanes) is 2. The Bertz CT molecular complexity index is 947. The Hall–Kier alpha value is -3.35. The van der Waals surface area contributed by atoms with Crippen LogP contribution in [0.5, 0.6) is 5.75 Å². The van der Waals surface area contributed by atoms with E-state index in [-0.39, 0.29) is 5.91 Å². The van der Waals surface area contributed by atoms with Crippen molar-refractivity contribution >= 4 is 28.7 Å². The molecule has 0 unspecified atom stereocenters. The molecule has 0 spiro atoms. The number of anilines is 1. The number of carboxylic acid groups (broad SMARTS) is 1. The van der Waals surface area contributed by atoms with E-state index in [9.17, 15) is 9.59 Å². The van der Waals surface area contributed by atoms with E-state index in [1.165, 1.54) is 0 Å². The number of benzene rings is 2. The number of hydrogen-bond donors (Lipinski definition) is 2. The number of oxazole rings is 1. The van der Waals surface area contributed by atoms with Gasteiger partial charge in [0, 0.05) is 12.1 Å². The van der Waals surface area contributed by atoms with Crippen molar-refractivity contribution in [2.45, 2.75) is 32.6 Å². The first-order chi connectivity index (χ1) is 13.6. The number of para-hydroxylation sites is 2. The number of nitrogens with one attached hydrogen (secondary N) is 1. The molecular weight excluding hydrogens is 360 g/mol. The highest BCUT2D eigenvalue weighted by Crippen LogP contribution is 2.34. The topological polar surface area (TPSA) is 102 Å². The van der Waals surface area contributed by atoms with Gasteiger partial charge >= 0.3 is 5.97 Å². The number of ether oxygens (including phenoxy) is 1. The fourth-order valence-corrected chi connectivity index (χ4v) is 2.79. The van der Waals surface area contributed by atoms with Crippen LogP contribution in [-0.4, -0.2) is 28.6 Å². The molecule has 1 heterocycles. The van der Waals surface area contributed by atoms with Crippen molar-refractivity contribution in [2.75, 3.05) is 11.9 Å². The minimum absolute atomic E-state index is 0.0730. The molecule has 146 valence electrons. The highest BCUT2D eigenvalue weighted by molar-refractivity contribution is 5.92. The average molecular weight is 382 g/mol. The Morgan fingerprint density at radius 2 is 2.00 bits per heavy atom. The molecule has 0 saturated heterocycles. The Morgan fingerprint density at radius 3 is 2.75 bits per heavy atom. The van der Waals surface area contributed by atoms with Gasteiger partial charge in [-0.2, -0.15) is 0 Å². The largest absolute Gasteiger partial charge is 0.481 e. The second-order valence-electron chi connectivity index (χ2n) is 6.39. The van der Waals surface area contributed by atoms with E-state index in [4.69, 9.17) is 14.3 Å². The summed E-state index contributed by atoms with van der Waals surface area (Å²) in [6.45, 7) is 1.59. The average Bonchev–Trinajstić information content (AvgIpc) is 3.11. The zero-order valence-electron chi connectivity index (χ0n) is 15.6. The molecule has 0 aliphatic rings. The van der Waals surface area contributed by atoms with Gasteiger partial charge in [0.05, 0.1) is 5.56 Å². The zero-order valence-corrected chi connectivity index (χ0v) is 15.6. The minimum atomic E-state index is -1.09. The van der Waals surface area contributed by atoms with Crippen LogP contribution in [0.2, 0.25) is 0 Å². The summed E-state index contributed by atoms with van der Waals surface area (Å²) in [7, 11) is 0. The molecule has 28 heavy (non-hydrogen) atoms. The lowest BCUT2D eigenvalue weighted by atomic mass is 10.1. The van der Waals surface area contributed by atoms with E-state index < -0.39 is 12.6 Å². The van der Waals surface area contributed by atoms with E-state index in [1.54, 1.807) is 24.3 Å². The number of fused-ring (bicyclic) bond motifs is 1. The molecule has 1 aromatic heterocycles. The van der Waals surface area contributed by atoms with Gasteiger partial charge in [0.1, 0.15) is 11.3 Å². The second-order valence-corrected chi connectivity index (χ2v) is 6.39. The molecule has 3 aromatic rings. The highest BCUT2D eigenvalue weighted by atomic mass is 16.5. The number of nitrogens with zero attached hydrogens (tertiary/aromatic N) is 1. The quantitative estimate of drug-likeness (QED) is 0.529. The van der Waals surface area contributed by atoms with Crippen molar-refractivity contribution in [3.8, 4) is 17.2 Å². The van der Waals surface area contributed by atoms with Crippen LogP contribution in [0.15, 0.2) is 46.9 Å². The fraction of sp³-hybridized carbons (Fsp3) is 0.286. The molecular formula is C21H22N2O5. The molecule has 0 aliphatic heterocycles. The Morgan fingerprint density at radius 1 is 1.18 bits per heavy atom. The maximum Gasteiger partial charge on any atom is 0.341 e. The third-order valence-electron chi connectivity index (χ3n) is 4.15. The van der Waals surface area contributed by atoms with Crippen molar-refractivity contribution in [1.29, 1.82) is 0 Å². The molecule has 3 rings (SSSR count). The monoisotopic (exact) mass is 382 g/mol. The summed E-state index contributed by atoms with van der Waals surface area (Å²) in [5.74, 6) is -0.547. The lowest BCUT2D eigenvalue weighted by Gasteiger charge is -2.11. The van der Waals surface area contributed by atoms with Crippen LogP contribution >= 0.6 is 0 Å². The predicted molar refractivity (Wildman–Crippen MR) is 105 cm³/mol. The van der Waals surface area contributed by atoms with Gasteiger partial charge in [-0.05, 0) is 36.8 Å². The molecule has 0 radical (unpaired) electrons. The van der Waals surface area contributed by atoms with Crippen LogP contribution < -0.4 is 10.1 Å². The predicted octanol–water partition coefficient (Wildman–Crippen LogP) is 4.48. The Labute approximate surface area is 162 Å². The number of aliphatic carboxylic acids is 1. The Kier molecular flexibility index (Phi) is 6.26. The maximum absolute atomic E-state index is 12.1. The van der Waals surface area contributed by atoms with Gasteiger partial charge in [0.25, 0.3) is 0 Å². The first kappa shape index (κ1) is 19.4. The van der Waals surface area contributed by atoms with E-state index in [0.29, 0.717) is 40.4 Å². The highest BCUT2D eigenvalue weighted by Gasteiger charge is 2.16. The first-order valence-electron chi connectivity index (χ1n) is 9.21. The smallest absolute Gasteiger partial charge is 0.341 e. The summed E-state index contributed by atoms with van der Waals surface area (Å²) in [6, 6.07) is 12.3. The van der Waals surface area contributed by atoms with Gasteiger partial charge in [0.2, 0.25) is 11.8 Å². The lowest BCUT2D eigenvalue weighted by molar-refractivity contribution is -0.139. The van der Waals surface area contributed by atoms with Gasteiger partial charge in [-0.15, -0.1) is 0 Å². The normalized spacial score (nSPS) is 10.8. The van der Waals surface area contributed by atoms with Gasteiger partial charge in [-0.3, -0.25) is 4.79 Å². The molecule has 0 atom stereocenters. The number of carbonyl (C=O) groups excluding carboxylic acids is 1. The van der Waals surface area contributed by atoms with Crippen molar-refractivity contribution in [2.24, 2.45) is 0 Å². The van der Waals surface area contributed by atoms with Gasteiger partial charge < -0.3 is 19.6 Å². The van der Waals surface area contributed by atoms with Crippen LogP contribution in [0.25, 0.3) is 22.6 Å². The van der Waals surface area contributed by atoms with Crippen molar-refractivity contribution < 1.29 is 23.8 Å². The summed E-state index contributed by atoms with van der Waals surface area (Å²) in [6.07, 6.45) is 3.33. The third-order valence-corrected chi connectivity index (χ3v) is 4.15. The van der Waals surface area contributed by atoms with Crippen molar-refractivity contribution in [3.63, 3.8) is 0 Å². The van der Waals surface area contributed by atoms with Crippen LogP contribution in [0.1, 0.15) is 32.6 Å². The third kappa shape index (κ3) is 4.88. The van der Waals surface area contributed by atoms with Crippen molar-refractivity contribution in [1.82, 2.24) is 4.98 Å². The standard InChI is InChI=1S/C21H22N2O5/c1-2-3-4-9-19(24)22-14-10-11-17(27-13-20(25)26)15(12-14)21-23-16-7-5-6-8-18(16)28-21/h5-8,10-12H,2-4,9,13H2,1H3,(H,22,24)(H,25,26). The molecule has 0 aliphatic carbocycles. The second kappa shape index (κ2) is 9.03. The summed E-state index contributed by atoms with van der Waals surface area (Å²) in [4.78, 5) is 27.4. The molecule has 1 amide bonds. The molecule has 0 saturated carbocycles. The van der Waals surface area contributed by atoms with Gasteiger partial charge in [-0.1, -0.05) is 31.9 Å². The van der Waals surface area contributed by atoms with Crippen molar-refractivity contribution in [3.05, 3.63) is 42.5 Å². The van der Waals surface area contributed by atoms with Crippen LogP contribution in [0.4, 0.5) is 5.69 Å². The van der Waals surface area contributed by atoms with Crippen LogP contribution in [0, 0.1) is 0 Å². The molecule has 7 heteroatoms. The maximum atomic E-state index is 12.1. The lowest BCUT2D eigenvalue weighted by Crippen LogP contribution is -2.12. The molecule has 7 nitrogen and oxygen atoms in total. The summed E-state index contributed by atoms with van der Waals surface area (Å²) in [5.41, 5.74) is 2.33. The number of carboxylic acids is 1. The molecule has 0 fully saturated rings. The number of aromatic nitrogens is 1. The summed E-state index contributed by atoms with van der Waals surface area (Å²) >= 11 is 0. The van der Waals surface area contributed by atoms with Crippen LogP contribution in [0.3, 0.4) is 0 Å².